The molecule has 3 rings (SSSR count). The molecule has 0 aromatic heterocycles. The summed E-state index contributed by atoms with van der Waals surface area (Å²) >= 11 is 0. The first-order chi connectivity index (χ1) is 12.7. The van der Waals surface area contributed by atoms with E-state index in [-0.39, 0.29) is 12.4 Å². The number of aromatic hydroxyl groups is 1. The van der Waals surface area contributed by atoms with Gasteiger partial charge in [0, 0.05) is 12.2 Å². The molecule has 0 radical (unpaired) electrons. The van der Waals surface area contributed by atoms with Gasteiger partial charge in [-0.1, -0.05) is 37.1 Å². The van der Waals surface area contributed by atoms with Crippen molar-refractivity contribution in [2.45, 2.75) is 51.4 Å². The summed E-state index contributed by atoms with van der Waals surface area (Å²) in [5, 5.41) is 18.8. The number of hydrogen-bond acceptors (Lipinski definition) is 2. The summed E-state index contributed by atoms with van der Waals surface area (Å²) in [6.07, 6.45) is 7.53. The molecule has 2 aromatic carbocycles. The third-order valence-corrected chi connectivity index (χ3v) is 5.18. The van der Waals surface area contributed by atoms with E-state index < -0.39 is 0 Å². The van der Waals surface area contributed by atoms with Crippen molar-refractivity contribution in [2.24, 2.45) is 0 Å². The van der Waals surface area contributed by atoms with Crippen molar-refractivity contribution in [1.82, 2.24) is 0 Å². The van der Waals surface area contributed by atoms with Gasteiger partial charge in [-0.2, -0.15) is 0 Å². The Morgan fingerprint density at radius 1 is 0.885 bits per heavy atom. The van der Waals surface area contributed by atoms with E-state index in [9.17, 15) is 9.50 Å². The van der Waals surface area contributed by atoms with E-state index >= 15 is 0 Å². The second-order valence-corrected chi connectivity index (χ2v) is 7.02. The number of aliphatic hydroxyl groups excluding tert-OH is 1. The van der Waals surface area contributed by atoms with Gasteiger partial charge in [-0.3, -0.25) is 0 Å². The van der Waals surface area contributed by atoms with Gasteiger partial charge in [0.1, 0.15) is 11.6 Å². The summed E-state index contributed by atoms with van der Waals surface area (Å²) in [7, 11) is 0. The van der Waals surface area contributed by atoms with Crippen LogP contribution in [-0.4, -0.2) is 16.8 Å². The molecule has 138 valence electrons. The predicted octanol–water partition coefficient (Wildman–Crippen LogP) is 5.72. The minimum absolute atomic E-state index is 0.164. The number of benzene rings is 2. The molecule has 2 N–H and O–H groups in total. The third-order valence-electron chi connectivity index (χ3n) is 5.18. The van der Waals surface area contributed by atoms with Crippen LogP contribution in [0.3, 0.4) is 0 Å². The Balaban J connectivity index is 1.99. The second-order valence-electron chi connectivity index (χ2n) is 7.02. The van der Waals surface area contributed by atoms with Crippen LogP contribution in [0.25, 0.3) is 11.1 Å². The van der Waals surface area contributed by atoms with Gasteiger partial charge in [-0.15, -0.1) is 0 Å². The van der Waals surface area contributed by atoms with Crippen LogP contribution in [-0.2, 0) is 6.42 Å². The van der Waals surface area contributed by atoms with Gasteiger partial charge >= 0.3 is 0 Å². The first-order valence-corrected chi connectivity index (χ1v) is 9.60. The van der Waals surface area contributed by atoms with Crippen LogP contribution in [0, 0.1) is 5.82 Å². The standard InChI is InChI=1S/C23H27FO2/c24-23-12-5-4-10-22(23)21-11-7-8-17-16-18(26)13-14-19(17)20(21)9-3-1-2-6-15-25/h4-5,10,12-14,16,25-26H,1-3,6-9,11,15H2. The van der Waals surface area contributed by atoms with Gasteiger partial charge in [0.2, 0.25) is 0 Å². The zero-order valence-electron chi connectivity index (χ0n) is 15.2. The minimum Gasteiger partial charge on any atom is -0.508 e. The van der Waals surface area contributed by atoms with E-state index in [0.29, 0.717) is 11.3 Å². The average molecular weight is 354 g/mol. The monoisotopic (exact) mass is 354 g/mol. The molecule has 0 unspecified atom stereocenters. The number of rotatable bonds is 7. The Kier molecular flexibility index (Phi) is 6.45. The maximum absolute atomic E-state index is 14.5. The molecular weight excluding hydrogens is 327 g/mol. The molecule has 0 atom stereocenters. The predicted molar refractivity (Wildman–Crippen MR) is 104 cm³/mol. The average Bonchev–Trinajstić information content (AvgIpc) is 2.81. The lowest BCUT2D eigenvalue weighted by Crippen LogP contribution is -1.96. The maximum atomic E-state index is 14.5. The third kappa shape index (κ3) is 4.34. The van der Waals surface area contributed by atoms with E-state index in [1.165, 1.54) is 11.6 Å². The Hall–Kier alpha value is -2.13. The minimum atomic E-state index is -0.164. The van der Waals surface area contributed by atoms with Gasteiger partial charge in [-0.25, -0.2) is 4.39 Å². The largest absolute Gasteiger partial charge is 0.508 e. The quantitative estimate of drug-likeness (QED) is 0.624. The van der Waals surface area contributed by atoms with E-state index in [4.69, 9.17) is 5.11 Å². The number of phenolic OH excluding ortho intramolecular Hbond substituents is 1. The van der Waals surface area contributed by atoms with Crippen molar-refractivity contribution in [3.63, 3.8) is 0 Å². The molecule has 0 spiro atoms. The Morgan fingerprint density at radius 3 is 2.50 bits per heavy atom. The number of fused-ring (bicyclic) bond motifs is 1. The van der Waals surface area contributed by atoms with Crippen LogP contribution in [0.4, 0.5) is 4.39 Å². The number of hydrogen-bond donors (Lipinski definition) is 2. The smallest absolute Gasteiger partial charge is 0.130 e. The number of aliphatic hydroxyl groups is 1. The zero-order valence-corrected chi connectivity index (χ0v) is 15.2. The number of unbranched alkanes of at least 4 members (excludes halogenated alkanes) is 3. The normalized spacial score (nSPS) is 14.2. The van der Waals surface area contributed by atoms with Crippen LogP contribution < -0.4 is 0 Å². The highest BCUT2D eigenvalue weighted by molar-refractivity contribution is 5.92. The SMILES string of the molecule is OCCCCCCC1=C(c2ccccc2F)CCCc2cc(O)ccc21. The van der Waals surface area contributed by atoms with Crippen molar-refractivity contribution in [3.8, 4) is 5.75 Å². The number of aryl methyl sites for hydroxylation is 1. The first-order valence-electron chi connectivity index (χ1n) is 9.60. The van der Waals surface area contributed by atoms with Gasteiger partial charge in [0.25, 0.3) is 0 Å². The highest BCUT2D eigenvalue weighted by atomic mass is 19.1. The summed E-state index contributed by atoms with van der Waals surface area (Å²) < 4.78 is 14.5. The molecule has 2 nitrogen and oxygen atoms in total. The van der Waals surface area contributed by atoms with Crippen molar-refractivity contribution in [2.75, 3.05) is 6.61 Å². The van der Waals surface area contributed by atoms with Crippen LogP contribution in [0.1, 0.15) is 61.6 Å². The van der Waals surface area contributed by atoms with Crippen LogP contribution in [0.15, 0.2) is 42.5 Å². The number of allylic oxidation sites excluding steroid dienone is 2. The number of phenols is 1. The summed E-state index contributed by atoms with van der Waals surface area (Å²) in [5.41, 5.74) is 5.34. The fourth-order valence-electron chi connectivity index (χ4n) is 3.91. The molecule has 1 aliphatic rings. The lowest BCUT2D eigenvalue weighted by atomic mass is 9.89. The lowest BCUT2D eigenvalue weighted by molar-refractivity contribution is 0.282. The Morgan fingerprint density at radius 2 is 1.69 bits per heavy atom. The molecule has 0 fully saturated rings. The summed E-state index contributed by atoms with van der Waals surface area (Å²) in [6.45, 7) is 0.241. The highest BCUT2D eigenvalue weighted by Crippen LogP contribution is 2.40. The molecule has 1 aliphatic carbocycles. The molecule has 0 saturated carbocycles. The maximum Gasteiger partial charge on any atom is 0.130 e. The zero-order chi connectivity index (χ0) is 18.4. The lowest BCUT2D eigenvalue weighted by Gasteiger charge is -2.17. The van der Waals surface area contributed by atoms with Gasteiger partial charge in [-0.05, 0) is 79.0 Å². The summed E-state index contributed by atoms with van der Waals surface area (Å²) in [4.78, 5) is 0. The van der Waals surface area contributed by atoms with Crippen LogP contribution in [0.5, 0.6) is 5.75 Å². The van der Waals surface area contributed by atoms with E-state index in [0.717, 1.165) is 68.1 Å². The van der Waals surface area contributed by atoms with Crippen LogP contribution in [0.2, 0.25) is 0 Å². The van der Waals surface area contributed by atoms with E-state index in [2.05, 4.69) is 0 Å². The van der Waals surface area contributed by atoms with Gasteiger partial charge < -0.3 is 10.2 Å². The summed E-state index contributed by atoms with van der Waals surface area (Å²) in [6, 6.07) is 12.6. The Labute approximate surface area is 155 Å². The topological polar surface area (TPSA) is 40.5 Å². The van der Waals surface area contributed by atoms with Crippen molar-refractivity contribution >= 4 is 11.1 Å². The molecule has 26 heavy (non-hydrogen) atoms. The molecule has 0 aliphatic heterocycles. The molecule has 0 saturated heterocycles. The molecule has 0 heterocycles. The van der Waals surface area contributed by atoms with Gasteiger partial charge in [0.05, 0.1) is 0 Å². The second kappa shape index (κ2) is 9.00. The molecular formula is C23H27FO2. The molecule has 3 heteroatoms. The molecule has 0 bridgehead atoms. The fourth-order valence-corrected chi connectivity index (χ4v) is 3.91. The molecule has 2 aromatic rings. The van der Waals surface area contributed by atoms with Crippen molar-refractivity contribution in [1.29, 1.82) is 0 Å². The highest BCUT2D eigenvalue weighted by Gasteiger charge is 2.20. The van der Waals surface area contributed by atoms with Crippen molar-refractivity contribution < 1.29 is 14.6 Å². The van der Waals surface area contributed by atoms with E-state index in [1.54, 1.807) is 12.1 Å². The Bertz CT molecular complexity index is 780. The van der Waals surface area contributed by atoms with Crippen LogP contribution >= 0.6 is 0 Å². The fraction of sp³-hybridized carbons (Fsp3) is 0.391. The van der Waals surface area contributed by atoms with Crippen molar-refractivity contribution in [3.05, 3.63) is 65.0 Å². The van der Waals surface area contributed by atoms with E-state index in [1.807, 2.05) is 24.3 Å². The molecule has 0 amide bonds. The number of halogens is 1. The first kappa shape index (κ1) is 18.7. The summed E-state index contributed by atoms with van der Waals surface area (Å²) in [5.74, 6) is 0.128. The van der Waals surface area contributed by atoms with Gasteiger partial charge in [0.15, 0.2) is 0 Å².